The van der Waals surface area contributed by atoms with Crippen LogP contribution in [0.25, 0.3) is 0 Å². The first-order chi connectivity index (χ1) is 14.2. The minimum atomic E-state index is -3.12. The zero-order chi connectivity index (χ0) is 25.5. The topological polar surface area (TPSA) is 40.5 Å². The number of rotatable bonds is 0. The van der Waals surface area contributed by atoms with E-state index in [1.807, 2.05) is 0 Å². The predicted octanol–water partition coefficient (Wildman–Crippen LogP) is 8.73. The van der Waals surface area contributed by atoms with E-state index in [1.54, 1.807) is 0 Å². The minimum absolute atomic E-state index is 0.251. The van der Waals surface area contributed by atoms with Crippen molar-refractivity contribution in [1.29, 1.82) is 0 Å². The maximum absolute atomic E-state index is 10.2. The van der Waals surface area contributed by atoms with Crippen LogP contribution in [0.15, 0.2) is 48.5 Å². The van der Waals surface area contributed by atoms with Crippen LogP contribution in [0.3, 0.4) is 0 Å². The fourth-order valence-electron chi connectivity index (χ4n) is 2.90. The van der Waals surface area contributed by atoms with Gasteiger partial charge in [-0.1, -0.05) is 132 Å². The molecule has 2 nitrogen and oxygen atoms in total. The van der Waals surface area contributed by atoms with Gasteiger partial charge in [0.15, 0.2) is 0 Å². The summed E-state index contributed by atoms with van der Waals surface area (Å²) in [6.45, 7) is 27.1. The molecule has 2 aromatic carbocycles. The van der Waals surface area contributed by atoms with E-state index in [2.05, 4.69) is 132 Å². The molecule has 0 spiro atoms. The molecular weight excluding hydrogens is 418 g/mol. The summed E-state index contributed by atoms with van der Waals surface area (Å²) in [4.78, 5) is 14.0. The zero-order valence-corrected chi connectivity index (χ0v) is 23.2. The lowest BCUT2D eigenvalue weighted by Gasteiger charge is -2.24. The number of benzene rings is 2. The van der Waals surface area contributed by atoms with E-state index in [0.717, 1.165) is 0 Å². The van der Waals surface area contributed by atoms with Crippen molar-refractivity contribution in [3.63, 3.8) is 0 Å². The van der Waals surface area contributed by atoms with Gasteiger partial charge >= 0.3 is 8.69 Å². The fourth-order valence-corrected chi connectivity index (χ4v) is 2.90. The molecule has 0 aliphatic carbocycles. The van der Waals surface area contributed by atoms with E-state index < -0.39 is 8.69 Å². The van der Waals surface area contributed by atoms with Crippen LogP contribution in [-0.2, 0) is 21.7 Å². The molecule has 0 aliphatic heterocycles. The van der Waals surface area contributed by atoms with Crippen LogP contribution >= 0.6 is 8.69 Å². The van der Waals surface area contributed by atoms with Gasteiger partial charge in [-0.15, -0.1) is 0 Å². The first kappa shape index (κ1) is 30.7. The summed E-state index contributed by atoms with van der Waals surface area (Å²) in [5.74, 6) is 0. The second-order valence-corrected chi connectivity index (χ2v) is 12.9. The average Bonchev–Trinajstić information content (AvgIpc) is 2.59. The van der Waals surface area contributed by atoms with Crippen LogP contribution in [0.4, 0.5) is 4.20 Å². The SMILES string of the molecule is CC(C)(C)c1cccc(C(C)(C)C)c1.CC(C)(C)c1cccc(C(C)(C)C)c1.OP(O)F. The summed E-state index contributed by atoms with van der Waals surface area (Å²) >= 11 is 0. The highest BCUT2D eigenvalue weighted by atomic mass is 31.2. The van der Waals surface area contributed by atoms with Crippen LogP contribution < -0.4 is 0 Å². The molecule has 0 atom stereocenters. The van der Waals surface area contributed by atoms with Crippen molar-refractivity contribution >= 4 is 8.69 Å². The molecule has 2 N–H and O–H groups in total. The largest absolute Gasteiger partial charge is 0.369 e. The Balaban J connectivity index is 0.000000515. The third-order valence-corrected chi connectivity index (χ3v) is 5.19. The van der Waals surface area contributed by atoms with E-state index in [0.29, 0.717) is 0 Å². The van der Waals surface area contributed by atoms with Gasteiger partial charge in [0.2, 0.25) is 0 Å². The lowest BCUT2D eigenvalue weighted by molar-refractivity contribution is 0.428. The third kappa shape index (κ3) is 12.1. The molecule has 0 heterocycles. The van der Waals surface area contributed by atoms with Crippen molar-refractivity contribution in [2.45, 2.75) is 105 Å². The Bertz CT molecular complexity index is 688. The van der Waals surface area contributed by atoms with E-state index in [-0.39, 0.29) is 21.7 Å². The van der Waals surface area contributed by atoms with Crippen LogP contribution in [0.2, 0.25) is 0 Å². The van der Waals surface area contributed by atoms with Gasteiger partial charge in [-0.25, -0.2) is 0 Å². The molecule has 0 amide bonds. The fraction of sp³-hybridized carbons (Fsp3) is 0.571. The van der Waals surface area contributed by atoms with E-state index in [1.165, 1.54) is 22.3 Å². The van der Waals surface area contributed by atoms with E-state index in [4.69, 9.17) is 9.79 Å². The maximum Gasteiger partial charge on any atom is 0.369 e. The monoisotopic (exact) mass is 464 g/mol. The third-order valence-electron chi connectivity index (χ3n) is 5.19. The molecular formula is C28H46FO2P. The molecule has 32 heavy (non-hydrogen) atoms. The van der Waals surface area contributed by atoms with Crippen LogP contribution in [0.5, 0.6) is 0 Å². The second-order valence-electron chi connectivity index (χ2n) is 12.4. The van der Waals surface area contributed by atoms with Crippen molar-refractivity contribution in [2.75, 3.05) is 0 Å². The van der Waals surface area contributed by atoms with Gasteiger partial charge in [0.1, 0.15) is 0 Å². The number of halogens is 1. The smallest absolute Gasteiger partial charge is 0.325 e. The molecule has 182 valence electrons. The summed E-state index contributed by atoms with van der Waals surface area (Å²) in [5.41, 5.74) is 6.69. The Labute approximate surface area is 198 Å². The van der Waals surface area contributed by atoms with Gasteiger partial charge < -0.3 is 9.79 Å². The molecule has 0 saturated heterocycles. The number of hydrogen-bond acceptors (Lipinski definition) is 2. The molecule has 2 aromatic rings. The van der Waals surface area contributed by atoms with Crippen molar-refractivity contribution in [3.8, 4) is 0 Å². The normalized spacial score (nSPS) is 12.5. The Kier molecular flexibility index (Phi) is 11.3. The molecule has 4 heteroatoms. The molecule has 0 aromatic heterocycles. The highest BCUT2D eigenvalue weighted by Gasteiger charge is 2.19. The van der Waals surface area contributed by atoms with Gasteiger partial charge in [0.05, 0.1) is 0 Å². The summed E-state index contributed by atoms with van der Waals surface area (Å²) in [7, 11) is -3.12. The van der Waals surface area contributed by atoms with Gasteiger partial charge in [0.25, 0.3) is 0 Å². The Morgan fingerprint density at radius 3 is 0.781 bits per heavy atom. The lowest BCUT2D eigenvalue weighted by Crippen LogP contribution is -2.15. The second kappa shape index (κ2) is 11.7. The first-order valence-corrected chi connectivity index (χ1v) is 12.3. The van der Waals surface area contributed by atoms with Gasteiger partial charge in [0, 0.05) is 0 Å². The summed E-state index contributed by atoms with van der Waals surface area (Å²) in [6.07, 6.45) is 0. The van der Waals surface area contributed by atoms with Gasteiger partial charge in [-0.2, -0.15) is 4.20 Å². The highest BCUT2D eigenvalue weighted by Crippen LogP contribution is 2.29. The van der Waals surface area contributed by atoms with Gasteiger partial charge in [-0.3, -0.25) is 0 Å². The molecule has 0 aliphatic rings. The van der Waals surface area contributed by atoms with Gasteiger partial charge in [-0.05, 0) is 43.9 Å². The van der Waals surface area contributed by atoms with E-state index in [9.17, 15) is 4.20 Å². The summed E-state index contributed by atoms with van der Waals surface area (Å²) in [5, 5.41) is 0. The lowest BCUT2D eigenvalue weighted by atomic mass is 9.81. The summed E-state index contributed by atoms with van der Waals surface area (Å²) < 4.78 is 10.2. The molecule has 2 rings (SSSR count). The predicted molar refractivity (Wildman–Crippen MR) is 140 cm³/mol. The maximum atomic E-state index is 10.2. The van der Waals surface area contributed by atoms with Crippen molar-refractivity contribution in [2.24, 2.45) is 0 Å². The first-order valence-electron chi connectivity index (χ1n) is 11.2. The number of hydrogen-bond donors (Lipinski definition) is 2. The van der Waals surface area contributed by atoms with Crippen LogP contribution in [0.1, 0.15) is 105 Å². The van der Waals surface area contributed by atoms with E-state index >= 15 is 0 Å². The molecule has 0 radical (unpaired) electrons. The Morgan fingerprint density at radius 2 is 0.656 bits per heavy atom. The summed E-state index contributed by atoms with van der Waals surface area (Å²) in [6, 6.07) is 17.9. The highest BCUT2D eigenvalue weighted by molar-refractivity contribution is 7.38. The average molecular weight is 465 g/mol. The Morgan fingerprint density at radius 1 is 0.500 bits per heavy atom. The standard InChI is InChI=1S/2C14H22.FH2O2P/c2*1-13(2,3)11-8-7-9-12(10-11)14(4,5)6;1-4(2)3/h2*7-10H,1-6H3;2-3H. The van der Waals surface area contributed by atoms with Crippen molar-refractivity contribution in [3.05, 3.63) is 70.8 Å². The molecule has 0 saturated carbocycles. The van der Waals surface area contributed by atoms with Crippen LogP contribution in [-0.4, -0.2) is 9.79 Å². The Hall–Kier alpha value is -1.28. The zero-order valence-electron chi connectivity index (χ0n) is 22.3. The quantitative estimate of drug-likeness (QED) is 0.383. The minimum Gasteiger partial charge on any atom is -0.325 e. The molecule has 0 bridgehead atoms. The molecule has 0 unspecified atom stereocenters. The van der Waals surface area contributed by atoms with Crippen molar-refractivity contribution < 1.29 is 14.0 Å². The van der Waals surface area contributed by atoms with Crippen LogP contribution in [0, 0.1) is 0 Å². The molecule has 0 fully saturated rings. The van der Waals surface area contributed by atoms with Crippen molar-refractivity contribution in [1.82, 2.24) is 0 Å².